The minimum atomic E-state index is -0.773. The smallest absolute Gasteiger partial charge is 0.0445 e. The fourth-order valence-electron chi connectivity index (χ4n) is 2.10. The zero-order valence-electron chi connectivity index (χ0n) is 8.06. The topological polar surface area (TPSA) is 26.0 Å². The third kappa shape index (κ3) is 2.95. The van der Waals surface area contributed by atoms with Gasteiger partial charge in [-0.25, -0.2) is 0 Å². The van der Waals surface area contributed by atoms with Crippen molar-refractivity contribution in [3.05, 3.63) is 0 Å². The fraction of sp³-hybridized carbons (Fsp3) is 1.00. The van der Waals surface area contributed by atoms with Crippen molar-refractivity contribution in [2.24, 2.45) is 17.6 Å². The highest BCUT2D eigenvalue weighted by Gasteiger charge is 2.31. The zero-order chi connectivity index (χ0) is 8.48. The van der Waals surface area contributed by atoms with Crippen LogP contribution in [-0.4, -0.2) is 14.6 Å². The van der Waals surface area contributed by atoms with E-state index in [9.17, 15) is 0 Å². The van der Waals surface area contributed by atoms with E-state index in [4.69, 9.17) is 5.73 Å². The first-order chi connectivity index (χ1) is 5.01. The molecule has 0 aromatic rings. The summed E-state index contributed by atoms with van der Waals surface area (Å²) in [6, 6.07) is 1.52. The van der Waals surface area contributed by atoms with Gasteiger partial charge in [-0.05, 0) is 31.2 Å². The van der Waals surface area contributed by atoms with Gasteiger partial charge in [0.05, 0.1) is 0 Å². The SMILES string of the molecule is C[Si](C)(C)CC1CC(CN)C1. The van der Waals surface area contributed by atoms with Crippen LogP contribution in [0.25, 0.3) is 0 Å². The molecule has 0 heterocycles. The molecule has 1 aliphatic rings. The van der Waals surface area contributed by atoms with Crippen molar-refractivity contribution < 1.29 is 0 Å². The normalized spacial score (nSPS) is 31.6. The summed E-state index contributed by atoms with van der Waals surface area (Å²) in [5.74, 6) is 1.91. The predicted octanol–water partition coefficient (Wildman–Crippen LogP) is 2.31. The summed E-state index contributed by atoms with van der Waals surface area (Å²) in [4.78, 5) is 0. The van der Waals surface area contributed by atoms with Crippen LogP contribution >= 0.6 is 0 Å². The van der Waals surface area contributed by atoms with Crippen molar-refractivity contribution in [2.45, 2.75) is 38.5 Å². The molecule has 2 N–H and O–H groups in total. The second-order valence-electron chi connectivity index (χ2n) is 5.20. The van der Waals surface area contributed by atoms with Crippen molar-refractivity contribution in [3.8, 4) is 0 Å². The first kappa shape index (κ1) is 9.27. The lowest BCUT2D eigenvalue weighted by atomic mass is 9.76. The van der Waals surface area contributed by atoms with Gasteiger partial charge in [0.25, 0.3) is 0 Å². The van der Waals surface area contributed by atoms with Crippen molar-refractivity contribution in [1.82, 2.24) is 0 Å². The van der Waals surface area contributed by atoms with Crippen molar-refractivity contribution in [3.63, 3.8) is 0 Å². The van der Waals surface area contributed by atoms with Gasteiger partial charge < -0.3 is 5.73 Å². The highest BCUT2D eigenvalue weighted by atomic mass is 28.3. The minimum absolute atomic E-state index is 0.773. The van der Waals surface area contributed by atoms with E-state index < -0.39 is 8.07 Å². The van der Waals surface area contributed by atoms with E-state index in [1.807, 2.05) is 0 Å². The number of hydrogen-bond donors (Lipinski definition) is 1. The molecule has 11 heavy (non-hydrogen) atoms. The molecule has 0 saturated heterocycles. The number of nitrogens with two attached hydrogens (primary N) is 1. The first-order valence-corrected chi connectivity index (χ1v) is 8.42. The van der Waals surface area contributed by atoms with Crippen LogP contribution in [0.4, 0.5) is 0 Å². The average Bonchev–Trinajstić information content (AvgIpc) is 1.75. The molecule has 1 saturated carbocycles. The van der Waals surface area contributed by atoms with E-state index in [0.717, 1.165) is 18.4 Å². The van der Waals surface area contributed by atoms with Crippen LogP contribution in [-0.2, 0) is 0 Å². The Kier molecular flexibility index (Phi) is 2.76. The Labute approximate surface area is 71.4 Å². The maximum absolute atomic E-state index is 5.57. The monoisotopic (exact) mass is 171 g/mol. The summed E-state index contributed by atoms with van der Waals surface area (Å²) in [5.41, 5.74) is 5.57. The van der Waals surface area contributed by atoms with Gasteiger partial charge in [0.2, 0.25) is 0 Å². The molecule has 1 nitrogen and oxygen atoms in total. The van der Waals surface area contributed by atoms with E-state index in [1.54, 1.807) is 0 Å². The summed E-state index contributed by atoms with van der Waals surface area (Å²) >= 11 is 0. The molecule has 0 unspecified atom stereocenters. The van der Waals surface area contributed by atoms with Gasteiger partial charge in [-0.3, -0.25) is 0 Å². The summed E-state index contributed by atoms with van der Waals surface area (Å²) in [5, 5.41) is 0. The molecule has 2 heteroatoms. The van der Waals surface area contributed by atoms with Crippen LogP contribution in [0.3, 0.4) is 0 Å². The second-order valence-corrected chi connectivity index (χ2v) is 10.7. The molecule has 0 radical (unpaired) electrons. The molecular formula is C9H21NSi. The van der Waals surface area contributed by atoms with Crippen molar-refractivity contribution in [2.75, 3.05) is 6.54 Å². The van der Waals surface area contributed by atoms with Crippen LogP contribution in [0.1, 0.15) is 12.8 Å². The lowest BCUT2D eigenvalue weighted by Gasteiger charge is -2.37. The summed E-state index contributed by atoms with van der Waals surface area (Å²) in [7, 11) is -0.773. The molecule has 66 valence electrons. The van der Waals surface area contributed by atoms with Gasteiger partial charge in [-0.2, -0.15) is 0 Å². The van der Waals surface area contributed by atoms with E-state index in [1.165, 1.54) is 18.9 Å². The van der Waals surface area contributed by atoms with Crippen molar-refractivity contribution in [1.29, 1.82) is 0 Å². The number of rotatable bonds is 3. The standard InChI is InChI=1S/C9H21NSi/c1-11(2,3)7-9-4-8(5-9)6-10/h8-9H,4-7,10H2,1-3H3. The molecule has 0 aromatic heterocycles. The summed E-state index contributed by atoms with van der Waals surface area (Å²) < 4.78 is 0. The van der Waals surface area contributed by atoms with Gasteiger partial charge in [0, 0.05) is 8.07 Å². The highest BCUT2D eigenvalue weighted by Crippen LogP contribution is 2.38. The second kappa shape index (κ2) is 3.28. The Morgan fingerprint density at radius 1 is 1.18 bits per heavy atom. The first-order valence-electron chi connectivity index (χ1n) is 4.71. The molecule has 1 aliphatic carbocycles. The molecule has 0 bridgehead atoms. The molecule has 0 aromatic carbocycles. The Balaban J connectivity index is 2.14. The van der Waals surface area contributed by atoms with Crippen LogP contribution in [0.5, 0.6) is 0 Å². The van der Waals surface area contributed by atoms with E-state index >= 15 is 0 Å². The highest BCUT2D eigenvalue weighted by molar-refractivity contribution is 6.76. The Morgan fingerprint density at radius 2 is 1.73 bits per heavy atom. The van der Waals surface area contributed by atoms with Gasteiger partial charge in [0.1, 0.15) is 0 Å². The quantitative estimate of drug-likeness (QED) is 0.648. The van der Waals surface area contributed by atoms with E-state index in [-0.39, 0.29) is 0 Å². The molecular weight excluding hydrogens is 150 g/mol. The van der Waals surface area contributed by atoms with Gasteiger partial charge in [0.15, 0.2) is 0 Å². The molecule has 0 atom stereocenters. The van der Waals surface area contributed by atoms with Gasteiger partial charge in [-0.1, -0.05) is 25.7 Å². The van der Waals surface area contributed by atoms with Crippen LogP contribution < -0.4 is 5.73 Å². The Morgan fingerprint density at radius 3 is 2.09 bits per heavy atom. The van der Waals surface area contributed by atoms with Crippen LogP contribution in [0.15, 0.2) is 0 Å². The summed E-state index contributed by atoms with van der Waals surface area (Å²) in [6.07, 6.45) is 2.83. The molecule has 1 fully saturated rings. The van der Waals surface area contributed by atoms with Crippen LogP contribution in [0, 0.1) is 11.8 Å². The maximum atomic E-state index is 5.57. The minimum Gasteiger partial charge on any atom is -0.330 e. The molecule has 0 aliphatic heterocycles. The molecule has 1 rings (SSSR count). The third-order valence-electron chi connectivity index (χ3n) is 2.57. The van der Waals surface area contributed by atoms with Gasteiger partial charge >= 0.3 is 0 Å². The van der Waals surface area contributed by atoms with E-state index in [0.29, 0.717) is 0 Å². The molecule has 0 spiro atoms. The molecule has 0 amide bonds. The van der Waals surface area contributed by atoms with Crippen molar-refractivity contribution >= 4 is 8.07 Å². The van der Waals surface area contributed by atoms with Crippen LogP contribution in [0.2, 0.25) is 25.7 Å². The lowest BCUT2D eigenvalue weighted by molar-refractivity contribution is 0.218. The predicted molar refractivity (Wildman–Crippen MR) is 53.4 cm³/mol. The number of hydrogen-bond acceptors (Lipinski definition) is 1. The Hall–Kier alpha value is 0.177. The maximum Gasteiger partial charge on any atom is 0.0445 e. The largest absolute Gasteiger partial charge is 0.330 e. The summed E-state index contributed by atoms with van der Waals surface area (Å²) in [6.45, 7) is 8.30. The van der Waals surface area contributed by atoms with E-state index in [2.05, 4.69) is 19.6 Å². The Bertz CT molecular complexity index is 122. The van der Waals surface area contributed by atoms with Gasteiger partial charge in [-0.15, -0.1) is 0 Å². The lowest BCUT2D eigenvalue weighted by Crippen LogP contribution is -2.35. The fourth-order valence-corrected chi connectivity index (χ4v) is 4.16. The zero-order valence-corrected chi connectivity index (χ0v) is 9.06. The third-order valence-corrected chi connectivity index (χ3v) is 4.37. The average molecular weight is 171 g/mol.